The zero-order chi connectivity index (χ0) is 16.0. The summed E-state index contributed by atoms with van der Waals surface area (Å²) in [5.74, 6) is 0.323. The van der Waals surface area contributed by atoms with Gasteiger partial charge in [0.25, 0.3) is 0 Å². The zero-order valence-electron chi connectivity index (χ0n) is 12.7. The Morgan fingerprint density at radius 2 is 1.81 bits per heavy atom. The average molecular weight is 304 g/mol. The maximum absolute atomic E-state index is 12.1. The van der Waals surface area contributed by atoms with E-state index < -0.39 is 6.36 Å². The van der Waals surface area contributed by atoms with Gasteiger partial charge >= 0.3 is 6.36 Å². The summed E-state index contributed by atoms with van der Waals surface area (Å²) in [4.78, 5) is 2.13. The second-order valence-corrected chi connectivity index (χ2v) is 5.32. The van der Waals surface area contributed by atoms with E-state index in [1.165, 1.54) is 12.1 Å². The Morgan fingerprint density at radius 3 is 2.24 bits per heavy atom. The standard InChI is InChI=1S/C15H23F3N2O/c1-4-11(2)10-20(3)14(9-19)12-5-7-13(8-6-12)21-15(16,17)18/h5-8,11,14H,4,9-10,19H2,1-3H3. The molecule has 0 aromatic heterocycles. The average Bonchev–Trinajstić information content (AvgIpc) is 2.39. The van der Waals surface area contributed by atoms with Gasteiger partial charge in [-0.1, -0.05) is 32.4 Å². The summed E-state index contributed by atoms with van der Waals surface area (Å²) in [7, 11) is 1.98. The van der Waals surface area contributed by atoms with Crippen molar-refractivity contribution < 1.29 is 17.9 Å². The van der Waals surface area contributed by atoms with Crippen molar-refractivity contribution >= 4 is 0 Å². The quantitative estimate of drug-likeness (QED) is 0.837. The molecule has 120 valence electrons. The third-order valence-corrected chi connectivity index (χ3v) is 3.55. The summed E-state index contributed by atoms with van der Waals surface area (Å²) in [5.41, 5.74) is 6.70. The van der Waals surface area contributed by atoms with Gasteiger partial charge in [-0.25, -0.2) is 0 Å². The Hall–Kier alpha value is -1.27. The molecule has 0 radical (unpaired) electrons. The lowest BCUT2D eigenvalue weighted by Gasteiger charge is -2.29. The van der Waals surface area contributed by atoms with Crippen LogP contribution in [0.3, 0.4) is 0 Å². The number of halogens is 3. The molecule has 0 heterocycles. The normalized spacial score (nSPS) is 15.0. The first-order chi connectivity index (χ1) is 9.76. The van der Waals surface area contributed by atoms with Crippen molar-refractivity contribution in [2.45, 2.75) is 32.7 Å². The SMILES string of the molecule is CCC(C)CN(C)C(CN)c1ccc(OC(F)(F)F)cc1. The Labute approximate surface area is 123 Å². The molecule has 0 aliphatic rings. The van der Waals surface area contributed by atoms with Crippen molar-refractivity contribution in [3.05, 3.63) is 29.8 Å². The molecule has 0 spiro atoms. The van der Waals surface area contributed by atoms with Crippen LogP contribution in [0.4, 0.5) is 13.2 Å². The van der Waals surface area contributed by atoms with E-state index in [1.807, 2.05) is 7.05 Å². The van der Waals surface area contributed by atoms with E-state index in [0.717, 1.165) is 18.5 Å². The molecular weight excluding hydrogens is 281 g/mol. The number of likely N-dealkylation sites (N-methyl/N-ethyl adjacent to an activating group) is 1. The molecule has 2 N–H and O–H groups in total. The van der Waals surface area contributed by atoms with Gasteiger partial charge in [-0.2, -0.15) is 0 Å². The summed E-state index contributed by atoms with van der Waals surface area (Å²) in [6, 6.07) is 5.89. The van der Waals surface area contributed by atoms with Crippen molar-refractivity contribution in [1.29, 1.82) is 0 Å². The number of hydrogen-bond acceptors (Lipinski definition) is 3. The molecule has 1 aromatic rings. The molecule has 21 heavy (non-hydrogen) atoms. The fourth-order valence-corrected chi connectivity index (χ4v) is 2.21. The Bertz CT molecular complexity index is 420. The third-order valence-electron chi connectivity index (χ3n) is 3.55. The number of nitrogens with two attached hydrogens (primary N) is 1. The van der Waals surface area contributed by atoms with Gasteiger partial charge in [0, 0.05) is 19.1 Å². The molecule has 0 aliphatic carbocycles. The van der Waals surface area contributed by atoms with Crippen LogP contribution in [0, 0.1) is 5.92 Å². The minimum Gasteiger partial charge on any atom is -0.406 e. The van der Waals surface area contributed by atoms with Crippen LogP contribution in [0.2, 0.25) is 0 Å². The summed E-state index contributed by atoms with van der Waals surface area (Å²) < 4.78 is 40.2. The van der Waals surface area contributed by atoms with Crippen LogP contribution in [-0.4, -0.2) is 31.4 Å². The van der Waals surface area contributed by atoms with Crippen LogP contribution in [0.5, 0.6) is 5.75 Å². The highest BCUT2D eigenvalue weighted by molar-refractivity contribution is 5.29. The first-order valence-corrected chi connectivity index (χ1v) is 7.02. The number of rotatable bonds is 7. The molecule has 3 nitrogen and oxygen atoms in total. The number of benzene rings is 1. The summed E-state index contributed by atoms with van der Waals surface area (Å²) >= 11 is 0. The minimum absolute atomic E-state index is 0.0149. The van der Waals surface area contributed by atoms with E-state index >= 15 is 0 Å². The van der Waals surface area contributed by atoms with Crippen LogP contribution >= 0.6 is 0 Å². The molecule has 2 unspecified atom stereocenters. The third kappa shape index (κ3) is 5.93. The Morgan fingerprint density at radius 1 is 1.24 bits per heavy atom. The molecule has 1 rings (SSSR count). The Balaban J connectivity index is 2.77. The van der Waals surface area contributed by atoms with Crippen molar-refractivity contribution in [1.82, 2.24) is 4.90 Å². The Kier molecular flexibility index (Phi) is 6.48. The van der Waals surface area contributed by atoms with Gasteiger partial charge in [-0.05, 0) is 30.7 Å². The van der Waals surface area contributed by atoms with Crippen molar-refractivity contribution in [2.24, 2.45) is 11.7 Å². The van der Waals surface area contributed by atoms with E-state index in [2.05, 4.69) is 23.5 Å². The number of alkyl halides is 3. The number of ether oxygens (including phenoxy) is 1. The molecule has 0 aliphatic heterocycles. The first-order valence-electron chi connectivity index (χ1n) is 7.02. The van der Waals surface area contributed by atoms with E-state index in [0.29, 0.717) is 12.5 Å². The predicted octanol–water partition coefficient (Wildman–Crippen LogP) is 3.56. The van der Waals surface area contributed by atoms with E-state index in [1.54, 1.807) is 12.1 Å². The van der Waals surface area contributed by atoms with Gasteiger partial charge in [0.2, 0.25) is 0 Å². The lowest BCUT2D eigenvalue weighted by atomic mass is 10.0. The van der Waals surface area contributed by atoms with Crippen LogP contribution < -0.4 is 10.5 Å². The summed E-state index contributed by atoms with van der Waals surface area (Å²) in [6.45, 7) is 5.58. The second-order valence-electron chi connectivity index (χ2n) is 5.32. The molecule has 0 saturated carbocycles. The molecule has 0 saturated heterocycles. The van der Waals surface area contributed by atoms with Crippen molar-refractivity contribution in [3.8, 4) is 5.75 Å². The molecular formula is C15H23F3N2O. The highest BCUT2D eigenvalue weighted by Gasteiger charge is 2.31. The maximum atomic E-state index is 12.1. The van der Waals surface area contributed by atoms with Crippen LogP contribution in [-0.2, 0) is 0 Å². The monoisotopic (exact) mass is 304 g/mol. The van der Waals surface area contributed by atoms with Gasteiger partial charge in [-0.3, -0.25) is 4.90 Å². The van der Waals surface area contributed by atoms with Gasteiger partial charge in [0.1, 0.15) is 5.75 Å². The summed E-state index contributed by atoms with van der Waals surface area (Å²) in [6.07, 6.45) is -3.60. The van der Waals surface area contributed by atoms with Gasteiger partial charge in [-0.15, -0.1) is 13.2 Å². The van der Waals surface area contributed by atoms with Crippen molar-refractivity contribution in [2.75, 3.05) is 20.1 Å². The van der Waals surface area contributed by atoms with E-state index in [-0.39, 0.29) is 11.8 Å². The smallest absolute Gasteiger partial charge is 0.406 e. The van der Waals surface area contributed by atoms with Crippen LogP contribution in [0.1, 0.15) is 31.9 Å². The highest BCUT2D eigenvalue weighted by Crippen LogP contribution is 2.26. The molecule has 0 amide bonds. The number of nitrogens with zero attached hydrogens (tertiary/aromatic N) is 1. The van der Waals surface area contributed by atoms with Gasteiger partial charge in [0.05, 0.1) is 0 Å². The second kappa shape index (κ2) is 7.66. The first kappa shape index (κ1) is 17.8. The lowest BCUT2D eigenvalue weighted by molar-refractivity contribution is -0.274. The topological polar surface area (TPSA) is 38.5 Å². The maximum Gasteiger partial charge on any atom is 0.573 e. The van der Waals surface area contributed by atoms with E-state index in [9.17, 15) is 13.2 Å². The minimum atomic E-state index is -4.66. The van der Waals surface area contributed by atoms with Gasteiger partial charge < -0.3 is 10.5 Å². The fourth-order valence-electron chi connectivity index (χ4n) is 2.21. The zero-order valence-corrected chi connectivity index (χ0v) is 12.7. The van der Waals surface area contributed by atoms with Gasteiger partial charge in [0.15, 0.2) is 0 Å². The molecule has 2 atom stereocenters. The van der Waals surface area contributed by atoms with Crippen molar-refractivity contribution in [3.63, 3.8) is 0 Å². The molecule has 0 fully saturated rings. The largest absolute Gasteiger partial charge is 0.573 e. The predicted molar refractivity (Wildman–Crippen MR) is 77.0 cm³/mol. The fraction of sp³-hybridized carbons (Fsp3) is 0.600. The number of hydrogen-bond donors (Lipinski definition) is 1. The molecule has 1 aromatic carbocycles. The highest BCUT2D eigenvalue weighted by atomic mass is 19.4. The van der Waals surface area contributed by atoms with Crippen LogP contribution in [0.25, 0.3) is 0 Å². The lowest BCUT2D eigenvalue weighted by Crippen LogP contribution is -2.33. The molecule has 6 heteroatoms. The van der Waals surface area contributed by atoms with Crippen LogP contribution in [0.15, 0.2) is 24.3 Å². The molecule has 0 bridgehead atoms. The summed E-state index contributed by atoms with van der Waals surface area (Å²) in [5, 5.41) is 0. The van der Waals surface area contributed by atoms with E-state index in [4.69, 9.17) is 5.73 Å².